The largest absolute Gasteiger partial charge is 0.454 e. The predicted octanol–water partition coefficient (Wildman–Crippen LogP) is 3.16. The number of hydrogen-bond acceptors (Lipinski definition) is 7. The molecule has 8 nitrogen and oxygen atoms in total. The van der Waals surface area contributed by atoms with Gasteiger partial charge in [-0.05, 0) is 47.7 Å². The van der Waals surface area contributed by atoms with Crippen LogP contribution in [-0.4, -0.2) is 49.4 Å². The lowest BCUT2D eigenvalue weighted by atomic mass is 10.2. The van der Waals surface area contributed by atoms with E-state index >= 15 is 0 Å². The van der Waals surface area contributed by atoms with Crippen LogP contribution in [0, 0.1) is 0 Å². The molecule has 3 amide bonds. The predicted molar refractivity (Wildman–Crippen MR) is 115 cm³/mol. The van der Waals surface area contributed by atoms with Crippen molar-refractivity contribution in [3.05, 3.63) is 52.9 Å². The van der Waals surface area contributed by atoms with Gasteiger partial charge in [-0.3, -0.25) is 19.3 Å². The minimum Gasteiger partial charge on any atom is -0.454 e. The van der Waals surface area contributed by atoms with Crippen LogP contribution in [0.4, 0.5) is 16.2 Å². The van der Waals surface area contributed by atoms with E-state index in [1.807, 2.05) is 43.3 Å². The summed E-state index contributed by atoms with van der Waals surface area (Å²) in [4.78, 5) is 40.5. The average molecular weight is 425 g/mol. The van der Waals surface area contributed by atoms with Gasteiger partial charge in [0, 0.05) is 31.5 Å². The summed E-state index contributed by atoms with van der Waals surface area (Å²) in [5.41, 5.74) is 2.32. The number of ether oxygens (including phenoxy) is 2. The van der Waals surface area contributed by atoms with E-state index in [0.717, 1.165) is 27.9 Å². The Hall–Kier alpha value is -3.46. The third kappa shape index (κ3) is 4.11. The number of carbonyl (C=O) groups excluding carboxylic acids is 3. The van der Waals surface area contributed by atoms with Gasteiger partial charge < -0.3 is 19.7 Å². The second kappa shape index (κ2) is 8.11. The summed E-state index contributed by atoms with van der Waals surface area (Å²) < 4.78 is 10.5. The summed E-state index contributed by atoms with van der Waals surface area (Å²) in [5, 5.41) is 2.19. The highest BCUT2D eigenvalue weighted by Gasteiger charge is 2.36. The normalized spacial score (nSPS) is 16.3. The molecule has 0 aliphatic carbocycles. The quantitative estimate of drug-likeness (QED) is 0.736. The molecule has 2 aliphatic rings. The molecule has 0 saturated carbocycles. The smallest absolute Gasteiger partial charge is 0.294 e. The van der Waals surface area contributed by atoms with Gasteiger partial charge in [-0.2, -0.15) is 0 Å². The Kier molecular flexibility index (Phi) is 5.37. The van der Waals surface area contributed by atoms with Gasteiger partial charge in [0.1, 0.15) is 6.54 Å². The van der Waals surface area contributed by atoms with E-state index in [4.69, 9.17) is 9.47 Å². The summed E-state index contributed by atoms with van der Waals surface area (Å²) in [6.45, 7) is -0.232. The van der Waals surface area contributed by atoms with E-state index in [-0.39, 0.29) is 18.2 Å². The molecule has 2 aliphatic heterocycles. The molecule has 154 valence electrons. The molecule has 1 saturated heterocycles. The highest BCUT2D eigenvalue weighted by atomic mass is 32.2. The molecule has 0 atom stereocenters. The highest BCUT2D eigenvalue weighted by molar-refractivity contribution is 8.18. The van der Waals surface area contributed by atoms with Crippen LogP contribution in [0.25, 0.3) is 6.08 Å². The number of carbonyl (C=O) groups is 3. The van der Waals surface area contributed by atoms with Crippen molar-refractivity contribution in [1.29, 1.82) is 0 Å². The van der Waals surface area contributed by atoms with Crippen molar-refractivity contribution in [3.8, 4) is 11.5 Å². The van der Waals surface area contributed by atoms with Crippen LogP contribution in [0.15, 0.2) is 47.4 Å². The summed E-state index contributed by atoms with van der Waals surface area (Å²) in [5.74, 6) is 0.167. The number of fused-ring (bicyclic) bond motifs is 1. The zero-order chi connectivity index (χ0) is 21.3. The molecule has 2 aromatic carbocycles. The van der Waals surface area contributed by atoms with Crippen molar-refractivity contribution in [2.24, 2.45) is 0 Å². The Balaban J connectivity index is 1.41. The molecule has 30 heavy (non-hydrogen) atoms. The number of nitrogens with zero attached hydrogens (tertiary/aromatic N) is 2. The maximum Gasteiger partial charge on any atom is 0.294 e. The molecular formula is C21H19N3O5S. The molecular weight excluding hydrogens is 406 g/mol. The highest BCUT2D eigenvalue weighted by Crippen LogP contribution is 2.35. The van der Waals surface area contributed by atoms with E-state index < -0.39 is 17.1 Å². The van der Waals surface area contributed by atoms with Crippen molar-refractivity contribution in [2.75, 3.05) is 37.6 Å². The zero-order valence-electron chi connectivity index (χ0n) is 16.4. The first-order chi connectivity index (χ1) is 14.4. The van der Waals surface area contributed by atoms with Crippen molar-refractivity contribution in [2.45, 2.75) is 0 Å². The minimum absolute atomic E-state index is 0.133. The van der Waals surface area contributed by atoms with Crippen molar-refractivity contribution in [3.63, 3.8) is 0 Å². The fraction of sp³-hybridized carbons (Fsp3) is 0.190. The zero-order valence-corrected chi connectivity index (χ0v) is 17.2. The first-order valence-electron chi connectivity index (χ1n) is 9.13. The van der Waals surface area contributed by atoms with Crippen molar-refractivity contribution < 1.29 is 23.9 Å². The number of amides is 3. The third-order valence-corrected chi connectivity index (χ3v) is 5.45. The monoisotopic (exact) mass is 425 g/mol. The third-order valence-electron chi connectivity index (χ3n) is 4.54. The van der Waals surface area contributed by atoms with Gasteiger partial charge in [-0.15, -0.1) is 0 Å². The number of anilines is 2. The number of benzene rings is 2. The number of rotatable bonds is 5. The summed E-state index contributed by atoms with van der Waals surface area (Å²) in [7, 11) is 3.88. The fourth-order valence-electron chi connectivity index (χ4n) is 2.97. The second-order valence-electron chi connectivity index (χ2n) is 6.87. The number of nitrogens with one attached hydrogen (secondary N) is 1. The van der Waals surface area contributed by atoms with Gasteiger partial charge in [-0.1, -0.05) is 12.1 Å². The van der Waals surface area contributed by atoms with E-state index in [2.05, 4.69) is 5.32 Å². The fourth-order valence-corrected chi connectivity index (χ4v) is 3.81. The van der Waals surface area contributed by atoms with E-state index in [0.29, 0.717) is 17.2 Å². The molecule has 2 heterocycles. The van der Waals surface area contributed by atoms with Crippen LogP contribution in [0.2, 0.25) is 0 Å². The molecule has 0 spiro atoms. The topological polar surface area (TPSA) is 88.2 Å². The van der Waals surface area contributed by atoms with Crippen LogP contribution in [0.1, 0.15) is 5.56 Å². The maximum absolute atomic E-state index is 12.6. The minimum atomic E-state index is -0.484. The first kappa shape index (κ1) is 19.8. The van der Waals surface area contributed by atoms with Crippen LogP contribution < -0.4 is 19.7 Å². The summed E-state index contributed by atoms with van der Waals surface area (Å²) in [6.07, 6.45) is 1.65. The molecule has 0 unspecified atom stereocenters. The Labute approximate surface area is 177 Å². The van der Waals surface area contributed by atoms with Crippen molar-refractivity contribution >= 4 is 46.3 Å². The van der Waals surface area contributed by atoms with Gasteiger partial charge in [0.25, 0.3) is 11.1 Å². The lowest BCUT2D eigenvalue weighted by Crippen LogP contribution is -2.36. The summed E-state index contributed by atoms with van der Waals surface area (Å²) in [6, 6.07) is 12.6. The molecule has 9 heteroatoms. The van der Waals surface area contributed by atoms with Gasteiger partial charge >= 0.3 is 0 Å². The lowest BCUT2D eigenvalue weighted by Gasteiger charge is -2.13. The van der Waals surface area contributed by atoms with Gasteiger partial charge in [-0.25, -0.2) is 0 Å². The Bertz CT molecular complexity index is 1050. The molecule has 4 rings (SSSR count). The first-order valence-corrected chi connectivity index (χ1v) is 9.94. The number of thioether (sulfide) groups is 1. The van der Waals surface area contributed by atoms with Gasteiger partial charge in [0.15, 0.2) is 11.5 Å². The molecule has 0 bridgehead atoms. The maximum atomic E-state index is 12.6. The number of imide groups is 1. The van der Waals surface area contributed by atoms with E-state index in [1.165, 1.54) is 0 Å². The van der Waals surface area contributed by atoms with Crippen molar-refractivity contribution in [1.82, 2.24) is 4.90 Å². The summed E-state index contributed by atoms with van der Waals surface area (Å²) >= 11 is 0.823. The van der Waals surface area contributed by atoms with Gasteiger partial charge in [0.05, 0.1) is 4.91 Å². The molecule has 0 aromatic heterocycles. The van der Waals surface area contributed by atoms with Crippen LogP contribution in [0.3, 0.4) is 0 Å². The molecule has 1 N–H and O–H groups in total. The van der Waals surface area contributed by atoms with Crippen LogP contribution >= 0.6 is 11.8 Å². The van der Waals surface area contributed by atoms with Crippen LogP contribution in [-0.2, 0) is 9.59 Å². The Morgan fingerprint density at radius 1 is 1.13 bits per heavy atom. The molecule has 2 aromatic rings. The van der Waals surface area contributed by atoms with Gasteiger partial charge in [0.2, 0.25) is 12.7 Å². The Morgan fingerprint density at radius 3 is 2.60 bits per heavy atom. The van der Waals surface area contributed by atoms with Crippen LogP contribution in [0.5, 0.6) is 11.5 Å². The lowest BCUT2D eigenvalue weighted by molar-refractivity contribution is -0.127. The molecule has 1 fully saturated rings. The van der Waals surface area contributed by atoms with E-state index in [1.54, 1.807) is 24.3 Å². The SMILES string of the molecule is CN(C)c1ccc(/C=C2/SC(=O)N(CC(=O)Nc3ccc4c(c3)OCO4)C2=O)cc1. The number of hydrogen-bond donors (Lipinski definition) is 1. The Morgan fingerprint density at radius 2 is 1.87 bits per heavy atom. The second-order valence-corrected chi connectivity index (χ2v) is 7.86. The standard InChI is InChI=1S/C21H19N3O5S/c1-23(2)15-6-3-13(4-7-15)9-18-20(26)24(21(27)30-18)11-19(25)22-14-5-8-16-17(10-14)29-12-28-16/h3-10H,11-12H2,1-2H3,(H,22,25)/b18-9+. The van der Waals surface area contributed by atoms with E-state index in [9.17, 15) is 14.4 Å². The average Bonchev–Trinajstić information content (AvgIpc) is 3.28. The molecule has 0 radical (unpaired) electrons.